The Morgan fingerprint density at radius 2 is 1.72 bits per heavy atom. The number of carbonyl (C=O) groups is 3. The highest BCUT2D eigenvalue weighted by Crippen LogP contribution is 2.21. The molecule has 1 heterocycles. The quantitative estimate of drug-likeness (QED) is 0.465. The van der Waals surface area contributed by atoms with Crippen LogP contribution in [0.2, 0.25) is 0 Å². The van der Waals surface area contributed by atoms with Gasteiger partial charge in [-0.15, -0.1) is 11.6 Å². The molecule has 0 fully saturated rings. The first-order valence-electron chi connectivity index (χ1n) is 5.32. The number of carbonyl (C=O) groups excluding carboxylic acids is 3. The second-order valence-electron chi connectivity index (χ2n) is 3.66. The highest BCUT2D eigenvalue weighted by Gasteiger charge is 2.34. The van der Waals surface area contributed by atoms with Crippen LogP contribution >= 0.6 is 11.6 Å². The second-order valence-corrected chi connectivity index (χ2v) is 3.93. The van der Waals surface area contributed by atoms with E-state index in [4.69, 9.17) is 16.3 Å². The minimum Gasteiger partial charge on any atom is -0.463 e. The lowest BCUT2D eigenvalue weighted by atomic mass is 10.1. The number of rotatable bonds is 4. The summed E-state index contributed by atoms with van der Waals surface area (Å²) < 4.78 is 4.73. The lowest BCUT2D eigenvalue weighted by molar-refractivity contribution is -0.140. The van der Waals surface area contributed by atoms with Gasteiger partial charge in [0.15, 0.2) is 0 Å². The normalized spacial score (nSPS) is 13.7. The van der Waals surface area contributed by atoms with Crippen molar-refractivity contribution in [3.8, 4) is 0 Å². The third kappa shape index (κ3) is 2.22. The Bertz CT molecular complexity index is 480. The third-order valence-corrected chi connectivity index (χ3v) is 2.78. The molecule has 1 aromatic carbocycles. The smallest absolute Gasteiger partial charge is 0.320 e. The first-order chi connectivity index (χ1) is 8.65. The van der Waals surface area contributed by atoms with Crippen molar-refractivity contribution in [1.82, 2.24) is 4.90 Å². The van der Waals surface area contributed by atoms with Crippen molar-refractivity contribution in [1.29, 1.82) is 0 Å². The van der Waals surface area contributed by atoms with Gasteiger partial charge in [-0.2, -0.15) is 0 Å². The first kappa shape index (κ1) is 12.6. The number of alkyl halides is 1. The van der Waals surface area contributed by atoms with E-state index in [2.05, 4.69) is 0 Å². The molecule has 0 aliphatic carbocycles. The maximum Gasteiger partial charge on any atom is 0.320 e. The van der Waals surface area contributed by atoms with Crippen LogP contribution < -0.4 is 0 Å². The van der Waals surface area contributed by atoms with Crippen LogP contribution in [0.5, 0.6) is 0 Å². The molecule has 0 saturated heterocycles. The largest absolute Gasteiger partial charge is 0.463 e. The molecule has 0 spiro atoms. The van der Waals surface area contributed by atoms with E-state index in [1.165, 1.54) is 0 Å². The summed E-state index contributed by atoms with van der Waals surface area (Å²) in [6, 6.07) is 6.59. The van der Waals surface area contributed by atoms with Crippen LogP contribution in [0.4, 0.5) is 0 Å². The Morgan fingerprint density at radius 3 is 2.22 bits per heavy atom. The summed E-state index contributed by atoms with van der Waals surface area (Å²) in [6.45, 7) is -0.00794. The predicted octanol–water partition coefficient (Wildman–Crippen LogP) is 1.06. The number of fused-ring (bicyclic) bond motifs is 1. The molecule has 1 aliphatic rings. The number of hydrogen-bond acceptors (Lipinski definition) is 4. The fourth-order valence-corrected chi connectivity index (χ4v) is 1.81. The molecule has 0 unspecified atom stereocenters. The van der Waals surface area contributed by atoms with E-state index >= 15 is 0 Å². The monoisotopic (exact) mass is 267 g/mol. The van der Waals surface area contributed by atoms with Gasteiger partial charge in [0.05, 0.1) is 17.7 Å². The van der Waals surface area contributed by atoms with Gasteiger partial charge >= 0.3 is 5.97 Å². The number of ether oxygens (including phenoxy) is 1. The summed E-state index contributed by atoms with van der Waals surface area (Å²) in [5.74, 6) is -1.55. The zero-order valence-corrected chi connectivity index (χ0v) is 10.1. The minimum absolute atomic E-state index is 0.0367. The molecule has 1 aliphatic heterocycles. The molecule has 0 aromatic heterocycles. The number of halogens is 1. The Labute approximate surface area is 108 Å². The summed E-state index contributed by atoms with van der Waals surface area (Å²) in [4.78, 5) is 35.7. The fraction of sp³-hybridized carbons (Fsp3) is 0.250. The number of benzene rings is 1. The van der Waals surface area contributed by atoms with Gasteiger partial charge in [0.1, 0.15) is 12.5 Å². The Morgan fingerprint density at radius 1 is 1.17 bits per heavy atom. The molecule has 0 atom stereocenters. The molecular formula is C12H10ClNO4. The van der Waals surface area contributed by atoms with Crippen molar-refractivity contribution in [3.63, 3.8) is 0 Å². The predicted molar refractivity (Wildman–Crippen MR) is 63.5 cm³/mol. The standard InChI is InChI=1S/C12H10ClNO4/c13-7-10(15)18-6-5-14-11(16)8-3-1-2-4-9(8)12(14)17/h1-4H,5-7H2. The molecular weight excluding hydrogens is 258 g/mol. The van der Waals surface area contributed by atoms with E-state index in [-0.39, 0.29) is 30.8 Å². The van der Waals surface area contributed by atoms with Gasteiger partial charge in [-0.05, 0) is 12.1 Å². The summed E-state index contributed by atoms with van der Waals surface area (Å²) in [7, 11) is 0. The van der Waals surface area contributed by atoms with E-state index in [0.717, 1.165) is 4.90 Å². The molecule has 0 bridgehead atoms. The zero-order valence-electron chi connectivity index (χ0n) is 9.39. The average Bonchev–Trinajstić information content (AvgIpc) is 2.64. The van der Waals surface area contributed by atoms with Gasteiger partial charge < -0.3 is 4.74 Å². The van der Waals surface area contributed by atoms with Crippen LogP contribution in [0.15, 0.2) is 24.3 Å². The molecule has 0 radical (unpaired) electrons. The minimum atomic E-state index is -0.576. The van der Waals surface area contributed by atoms with Crippen LogP contribution in [-0.4, -0.2) is 41.7 Å². The molecule has 0 saturated carbocycles. The van der Waals surface area contributed by atoms with E-state index in [1.807, 2.05) is 0 Å². The molecule has 5 nitrogen and oxygen atoms in total. The molecule has 0 N–H and O–H groups in total. The molecule has 18 heavy (non-hydrogen) atoms. The van der Waals surface area contributed by atoms with Crippen LogP contribution in [-0.2, 0) is 9.53 Å². The third-order valence-electron chi connectivity index (χ3n) is 2.57. The fourth-order valence-electron chi connectivity index (χ4n) is 1.73. The molecule has 6 heteroatoms. The number of esters is 1. The maximum absolute atomic E-state index is 11.9. The van der Waals surface area contributed by atoms with E-state index in [9.17, 15) is 14.4 Å². The number of amides is 2. The van der Waals surface area contributed by atoms with Gasteiger partial charge in [-0.3, -0.25) is 19.3 Å². The van der Waals surface area contributed by atoms with Gasteiger partial charge in [0.2, 0.25) is 0 Å². The summed E-state index contributed by atoms with van der Waals surface area (Å²) in [6.07, 6.45) is 0. The summed E-state index contributed by atoms with van der Waals surface area (Å²) in [5.41, 5.74) is 0.761. The summed E-state index contributed by atoms with van der Waals surface area (Å²) in [5, 5.41) is 0. The van der Waals surface area contributed by atoms with Gasteiger partial charge in [0, 0.05) is 0 Å². The molecule has 2 amide bonds. The Balaban J connectivity index is 2.03. The van der Waals surface area contributed by atoms with Crippen molar-refractivity contribution in [3.05, 3.63) is 35.4 Å². The van der Waals surface area contributed by atoms with Gasteiger partial charge in [-0.25, -0.2) is 0 Å². The van der Waals surface area contributed by atoms with Crippen LogP contribution in [0, 0.1) is 0 Å². The topological polar surface area (TPSA) is 63.7 Å². The van der Waals surface area contributed by atoms with Crippen LogP contribution in [0.25, 0.3) is 0 Å². The number of nitrogens with zero attached hydrogens (tertiary/aromatic N) is 1. The zero-order chi connectivity index (χ0) is 13.1. The lowest BCUT2D eigenvalue weighted by Gasteiger charge is -2.13. The van der Waals surface area contributed by atoms with Gasteiger partial charge in [0.25, 0.3) is 11.8 Å². The first-order valence-corrected chi connectivity index (χ1v) is 5.85. The summed E-state index contributed by atoms with van der Waals surface area (Å²) >= 11 is 5.26. The van der Waals surface area contributed by atoms with Crippen LogP contribution in [0.3, 0.4) is 0 Å². The number of hydrogen-bond donors (Lipinski definition) is 0. The van der Waals surface area contributed by atoms with Crippen molar-refractivity contribution < 1.29 is 19.1 Å². The maximum atomic E-state index is 11.9. The highest BCUT2D eigenvalue weighted by molar-refractivity contribution is 6.26. The SMILES string of the molecule is O=C(CCl)OCCN1C(=O)c2ccccc2C1=O. The molecule has 2 rings (SSSR count). The van der Waals surface area contributed by atoms with Crippen molar-refractivity contribution in [2.24, 2.45) is 0 Å². The highest BCUT2D eigenvalue weighted by atomic mass is 35.5. The molecule has 94 valence electrons. The van der Waals surface area contributed by atoms with E-state index < -0.39 is 5.97 Å². The van der Waals surface area contributed by atoms with Gasteiger partial charge in [-0.1, -0.05) is 12.1 Å². The molecule has 1 aromatic rings. The van der Waals surface area contributed by atoms with Crippen molar-refractivity contribution in [2.45, 2.75) is 0 Å². The lowest BCUT2D eigenvalue weighted by Crippen LogP contribution is -2.33. The van der Waals surface area contributed by atoms with E-state index in [0.29, 0.717) is 11.1 Å². The van der Waals surface area contributed by atoms with Crippen molar-refractivity contribution >= 4 is 29.4 Å². The van der Waals surface area contributed by atoms with Crippen molar-refractivity contribution in [2.75, 3.05) is 19.0 Å². The van der Waals surface area contributed by atoms with Crippen LogP contribution in [0.1, 0.15) is 20.7 Å². The van der Waals surface area contributed by atoms with E-state index in [1.54, 1.807) is 24.3 Å². The Hall–Kier alpha value is -1.88. The average molecular weight is 268 g/mol. The number of imide groups is 1. The Kier molecular flexibility index (Phi) is 3.62. The second kappa shape index (κ2) is 5.18.